The first-order chi connectivity index (χ1) is 8.00. The van der Waals surface area contributed by atoms with E-state index in [0.717, 1.165) is 15.9 Å². The molecule has 0 aliphatic rings. The van der Waals surface area contributed by atoms with E-state index in [1.54, 1.807) is 18.0 Å². The third kappa shape index (κ3) is 4.58. The van der Waals surface area contributed by atoms with Crippen LogP contribution in [0, 0.1) is 0 Å². The maximum atomic E-state index is 9.36. The Bertz CT molecular complexity index is 358. The monoisotopic (exact) mass is 318 g/mol. The van der Waals surface area contributed by atoms with Crippen LogP contribution in [0.15, 0.2) is 27.8 Å². The van der Waals surface area contributed by atoms with Gasteiger partial charge in [-0.05, 0) is 48.5 Å². The van der Waals surface area contributed by atoms with Crippen LogP contribution in [0.25, 0.3) is 0 Å². The number of aromatic nitrogens is 1. The zero-order valence-electron chi connectivity index (χ0n) is 10.4. The lowest BCUT2D eigenvalue weighted by atomic mass is 9.98. The highest BCUT2D eigenvalue weighted by Gasteiger charge is 2.24. The molecule has 0 saturated heterocycles. The first-order valence-electron chi connectivity index (χ1n) is 5.57. The standard InChI is InChI=1S/C12H19BrN2OS/c1-9(7-12(2,8-16)14-3)17-11-10(13)5-4-6-15-11/h4-6,9,14,16H,7-8H2,1-3H3. The lowest BCUT2D eigenvalue weighted by molar-refractivity contribution is 0.174. The zero-order chi connectivity index (χ0) is 12.9. The molecule has 0 amide bonds. The summed E-state index contributed by atoms with van der Waals surface area (Å²) >= 11 is 5.21. The topological polar surface area (TPSA) is 45.1 Å². The van der Waals surface area contributed by atoms with Gasteiger partial charge in [0.05, 0.1) is 6.61 Å². The number of likely N-dealkylation sites (N-methyl/N-ethyl adjacent to an activating group) is 1. The summed E-state index contributed by atoms with van der Waals surface area (Å²) in [5.41, 5.74) is -0.228. The molecule has 0 radical (unpaired) electrons. The van der Waals surface area contributed by atoms with Crippen molar-refractivity contribution in [1.82, 2.24) is 10.3 Å². The molecule has 2 atom stereocenters. The molecule has 17 heavy (non-hydrogen) atoms. The molecule has 0 bridgehead atoms. The fraction of sp³-hybridized carbons (Fsp3) is 0.583. The van der Waals surface area contributed by atoms with Gasteiger partial charge >= 0.3 is 0 Å². The quantitative estimate of drug-likeness (QED) is 0.792. The predicted molar refractivity (Wildman–Crippen MR) is 76.4 cm³/mol. The van der Waals surface area contributed by atoms with Crippen molar-refractivity contribution in [2.24, 2.45) is 0 Å². The zero-order valence-corrected chi connectivity index (χ0v) is 12.8. The molecule has 1 rings (SSSR count). The Labute approximate surface area is 116 Å². The van der Waals surface area contributed by atoms with E-state index in [0.29, 0.717) is 5.25 Å². The molecule has 1 aromatic heterocycles. The van der Waals surface area contributed by atoms with Crippen molar-refractivity contribution in [3.05, 3.63) is 22.8 Å². The van der Waals surface area contributed by atoms with Crippen molar-refractivity contribution in [3.8, 4) is 0 Å². The van der Waals surface area contributed by atoms with Crippen molar-refractivity contribution in [3.63, 3.8) is 0 Å². The van der Waals surface area contributed by atoms with E-state index in [2.05, 4.69) is 33.2 Å². The molecule has 0 spiro atoms. The van der Waals surface area contributed by atoms with Gasteiger partial charge in [-0.1, -0.05) is 6.92 Å². The van der Waals surface area contributed by atoms with Crippen LogP contribution in [-0.4, -0.2) is 34.5 Å². The van der Waals surface area contributed by atoms with Crippen LogP contribution in [0.4, 0.5) is 0 Å². The number of hydrogen-bond acceptors (Lipinski definition) is 4. The summed E-state index contributed by atoms with van der Waals surface area (Å²) in [6, 6.07) is 3.90. The maximum Gasteiger partial charge on any atom is 0.110 e. The number of rotatable bonds is 6. The first kappa shape index (κ1) is 15.0. The highest BCUT2D eigenvalue weighted by molar-refractivity contribution is 9.10. The molecule has 96 valence electrons. The van der Waals surface area contributed by atoms with E-state index in [-0.39, 0.29) is 12.1 Å². The Hall–Kier alpha value is -0.100. The van der Waals surface area contributed by atoms with Crippen molar-refractivity contribution >= 4 is 27.7 Å². The van der Waals surface area contributed by atoms with Gasteiger partial charge in [-0.25, -0.2) is 4.98 Å². The number of pyridine rings is 1. The van der Waals surface area contributed by atoms with Crippen LogP contribution < -0.4 is 5.32 Å². The number of aliphatic hydroxyl groups is 1. The van der Waals surface area contributed by atoms with E-state index in [1.165, 1.54) is 0 Å². The van der Waals surface area contributed by atoms with E-state index < -0.39 is 0 Å². The molecule has 2 unspecified atom stereocenters. The molecule has 5 heteroatoms. The second-order valence-corrected chi connectivity index (χ2v) is 6.67. The lowest BCUT2D eigenvalue weighted by Gasteiger charge is -2.29. The van der Waals surface area contributed by atoms with Gasteiger partial charge in [0.1, 0.15) is 5.03 Å². The Kier molecular flexibility index (Phi) is 5.92. The van der Waals surface area contributed by atoms with Crippen molar-refractivity contribution in [2.75, 3.05) is 13.7 Å². The smallest absolute Gasteiger partial charge is 0.110 e. The Balaban J connectivity index is 2.61. The Morgan fingerprint density at radius 1 is 1.65 bits per heavy atom. The van der Waals surface area contributed by atoms with Crippen molar-refractivity contribution in [2.45, 2.75) is 36.1 Å². The molecule has 0 aliphatic carbocycles. The Morgan fingerprint density at radius 3 is 2.88 bits per heavy atom. The normalized spacial score (nSPS) is 16.5. The van der Waals surface area contributed by atoms with E-state index in [1.807, 2.05) is 26.1 Å². The van der Waals surface area contributed by atoms with Crippen molar-refractivity contribution < 1.29 is 5.11 Å². The molecule has 0 saturated carbocycles. The summed E-state index contributed by atoms with van der Waals surface area (Å²) in [6.07, 6.45) is 2.68. The lowest BCUT2D eigenvalue weighted by Crippen LogP contribution is -2.45. The summed E-state index contributed by atoms with van der Waals surface area (Å²) < 4.78 is 1.02. The summed E-state index contributed by atoms with van der Waals surface area (Å²) in [5.74, 6) is 0. The second kappa shape index (κ2) is 6.73. The molecule has 0 fully saturated rings. The molecule has 3 nitrogen and oxygen atoms in total. The summed E-state index contributed by atoms with van der Waals surface area (Å²) in [6.45, 7) is 4.31. The summed E-state index contributed by atoms with van der Waals surface area (Å²) in [7, 11) is 1.88. The minimum atomic E-state index is -0.228. The predicted octanol–water partition coefficient (Wildman–Crippen LogP) is 2.69. The molecule has 1 heterocycles. The number of halogens is 1. The van der Waals surface area contributed by atoms with E-state index >= 15 is 0 Å². The number of nitrogens with one attached hydrogen (secondary N) is 1. The van der Waals surface area contributed by atoms with Gasteiger partial charge in [-0.15, -0.1) is 11.8 Å². The van der Waals surface area contributed by atoms with Crippen LogP contribution in [0.5, 0.6) is 0 Å². The second-order valence-electron chi connectivity index (χ2n) is 4.39. The molecule has 1 aromatic rings. The first-order valence-corrected chi connectivity index (χ1v) is 7.25. The molecule has 0 aromatic carbocycles. The number of thioether (sulfide) groups is 1. The van der Waals surface area contributed by atoms with Crippen LogP contribution in [-0.2, 0) is 0 Å². The fourth-order valence-electron chi connectivity index (χ4n) is 1.57. The van der Waals surface area contributed by atoms with Gasteiger partial charge < -0.3 is 10.4 Å². The third-order valence-corrected chi connectivity index (χ3v) is 4.75. The van der Waals surface area contributed by atoms with Gasteiger partial charge in [0.25, 0.3) is 0 Å². The van der Waals surface area contributed by atoms with Crippen LogP contribution in [0.3, 0.4) is 0 Å². The summed E-state index contributed by atoms with van der Waals surface area (Å²) in [4.78, 5) is 4.33. The van der Waals surface area contributed by atoms with Crippen LogP contribution in [0.2, 0.25) is 0 Å². The van der Waals surface area contributed by atoms with Gasteiger partial charge in [0.15, 0.2) is 0 Å². The number of hydrogen-bond donors (Lipinski definition) is 2. The van der Waals surface area contributed by atoms with Gasteiger partial charge in [0, 0.05) is 21.5 Å². The fourth-order valence-corrected chi connectivity index (χ4v) is 3.24. The van der Waals surface area contributed by atoms with E-state index in [4.69, 9.17) is 0 Å². The van der Waals surface area contributed by atoms with Gasteiger partial charge in [-0.3, -0.25) is 0 Å². The molecular formula is C12H19BrN2OS. The third-order valence-electron chi connectivity index (χ3n) is 2.73. The number of nitrogens with zero attached hydrogens (tertiary/aromatic N) is 1. The minimum Gasteiger partial charge on any atom is -0.394 e. The average Bonchev–Trinajstić information content (AvgIpc) is 2.32. The number of aliphatic hydroxyl groups excluding tert-OH is 1. The van der Waals surface area contributed by atoms with Gasteiger partial charge in [-0.2, -0.15) is 0 Å². The van der Waals surface area contributed by atoms with Crippen LogP contribution >= 0.6 is 27.7 Å². The highest BCUT2D eigenvalue weighted by atomic mass is 79.9. The van der Waals surface area contributed by atoms with Crippen LogP contribution in [0.1, 0.15) is 20.3 Å². The van der Waals surface area contributed by atoms with Crippen molar-refractivity contribution in [1.29, 1.82) is 0 Å². The summed E-state index contributed by atoms with van der Waals surface area (Å²) in [5, 5.41) is 13.9. The molecule has 2 N–H and O–H groups in total. The average molecular weight is 319 g/mol. The molecule has 0 aliphatic heterocycles. The largest absolute Gasteiger partial charge is 0.394 e. The van der Waals surface area contributed by atoms with Gasteiger partial charge in [0.2, 0.25) is 0 Å². The SMILES string of the molecule is CNC(C)(CO)CC(C)Sc1ncccc1Br. The maximum absolute atomic E-state index is 9.36. The highest BCUT2D eigenvalue weighted by Crippen LogP contribution is 2.31. The molecular weight excluding hydrogens is 300 g/mol. The Morgan fingerprint density at radius 2 is 2.35 bits per heavy atom. The van der Waals surface area contributed by atoms with E-state index in [9.17, 15) is 5.11 Å². The minimum absolute atomic E-state index is 0.137.